The average Bonchev–Trinajstić information content (AvgIpc) is 3.19. The quantitative estimate of drug-likeness (QED) is 0.491. The summed E-state index contributed by atoms with van der Waals surface area (Å²) in [6.07, 6.45) is 0. The van der Waals surface area contributed by atoms with Crippen molar-refractivity contribution in [2.45, 2.75) is 20.4 Å². The molecule has 188 valence electrons. The number of urea groups is 1. The van der Waals surface area contributed by atoms with Crippen LogP contribution < -0.4 is 10.5 Å². The van der Waals surface area contributed by atoms with Gasteiger partial charge in [0.1, 0.15) is 23.7 Å². The molecule has 0 N–H and O–H groups in total. The predicted molar refractivity (Wildman–Crippen MR) is 137 cm³/mol. The standard InChI is InChI=1S/C26H23FN5O4S/c1-14-6-5-7-19-28-17(12-20(33)31(14)19)13-30-25-21(15(2)22(37-25)24(35)29(3)4)23(34)32(26(30)36)18-10-8-16(27)9-11-18/h5-12,21H,13H2,1-4H3/q+1. The van der Waals surface area contributed by atoms with Gasteiger partial charge in [-0.1, -0.05) is 6.07 Å². The highest BCUT2D eigenvalue weighted by molar-refractivity contribution is 8.18. The number of nitrogens with zero attached hydrogens (tertiary/aromatic N) is 5. The third kappa shape index (κ3) is 4.05. The molecule has 0 fully saturated rings. The van der Waals surface area contributed by atoms with E-state index in [4.69, 9.17) is 0 Å². The molecule has 4 amide bonds. The van der Waals surface area contributed by atoms with Crippen LogP contribution in [0.1, 0.15) is 18.3 Å². The van der Waals surface area contributed by atoms with Gasteiger partial charge in [-0.2, -0.15) is 9.37 Å². The zero-order valence-electron chi connectivity index (χ0n) is 20.6. The zero-order chi connectivity index (χ0) is 26.6. The number of benzene rings is 1. The first-order valence-electron chi connectivity index (χ1n) is 11.4. The summed E-state index contributed by atoms with van der Waals surface area (Å²) >= 11 is 1.08. The van der Waals surface area contributed by atoms with Gasteiger partial charge in [0.25, 0.3) is 11.5 Å². The number of carbonyl (C=O) groups excluding carboxylic acids is 3. The molecule has 9 nitrogen and oxygen atoms in total. The number of carbonyl (C=O) groups is 3. The van der Waals surface area contributed by atoms with Gasteiger partial charge in [0.15, 0.2) is 11.0 Å². The number of thioether (sulfide) groups is 1. The third-order valence-electron chi connectivity index (χ3n) is 6.34. The lowest BCUT2D eigenvalue weighted by Gasteiger charge is -2.25. The first-order valence-corrected chi connectivity index (χ1v) is 12.3. The Kier molecular flexibility index (Phi) is 6.03. The van der Waals surface area contributed by atoms with E-state index in [1.165, 1.54) is 44.2 Å². The van der Waals surface area contributed by atoms with Crippen molar-refractivity contribution in [3.63, 3.8) is 0 Å². The minimum atomic E-state index is -0.879. The maximum Gasteiger partial charge on any atom is 0.506 e. The molecule has 0 saturated heterocycles. The van der Waals surface area contributed by atoms with E-state index in [-0.39, 0.29) is 23.7 Å². The smallest absolute Gasteiger partial charge is 0.344 e. The van der Waals surface area contributed by atoms with E-state index in [1.54, 1.807) is 46.1 Å². The Labute approximate surface area is 215 Å². The van der Waals surface area contributed by atoms with E-state index in [9.17, 15) is 23.6 Å². The van der Waals surface area contributed by atoms with E-state index in [0.717, 1.165) is 22.4 Å². The summed E-state index contributed by atoms with van der Waals surface area (Å²) in [7, 11) is 3.22. The second kappa shape index (κ2) is 9.07. The van der Waals surface area contributed by atoms with Crippen LogP contribution in [-0.4, -0.2) is 55.8 Å². The number of anilines is 1. The summed E-state index contributed by atoms with van der Waals surface area (Å²) in [5.41, 5.74) is 1.90. The molecular formula is C26H23FN5O4S+. The summed E-state index contributed by atoms with van der Waals surface area (Å²) in [5, 5.41) is 0.377. The van der Waals surface area contributed by atoms with Gasteiger partial charge in [0, 0.05) is 25.9 Å². The molecule has 4 heterocycles. The number of rotatable bonds is 4. The van der Waals surface area contributed by atoms with E-state index >= 15 is 0 Å². The van der Waals surface area contributed by atoms with Crippen molar-refractivity contribution in [2.75, 3.05) is 19.0 Å². The molecule has 5 rings (SSSR count). The molecule has 2 aromatic heterocycles. The Balaban J connectivity index is 1.66. The number of halogens is 1. The number of fused-ring (bicyclic) bond motifs is 2. The summed E-state index contributed by atoms with van der Waals surface area (Å²) < 4.78 is 16.4. The van der Waals surface area contributed by atoms with Gasteiger partial charge in [-0.05, 0) is 67.6 Å². The summed E-state index contributed by atoms with van der Waals surface area (Å²) in [5.74, 6) is -2.20. The van der Waals surface area contributed by atoms with Crippen molar-refractivity contribution in [2.24, 2.45) is 5.92 Å². The van der Waals surface area contributed by atoms with E-state index < -0.39 is 23.7 Å². The monoisotopic (exact) mass is 520 g/mol. The molecule has 0 bridgehead atoms. The first kappa shape index (κ1) is 24.6. The predicted octanol–water partition coefficient (Wildman–Crippen LogP) is 2.95. The molecular weight excluding hydrogens is 497 g/mol. The fourth-order valence-electron chi connectivity index (χ4n) is 4.50. The van der Waals surface area contributed by atoms with E-state index in [1.807, 2.05) is 0 Å². The summed E-state index contributed by atoms with van der Waals surface area (Å²) in [4.78, 5) is 60.5. The van der Waals surface area contributed by atoms with Gasteiger partial charge in [0.2, 0.25) is 0 Å². The Morgan fingerprint density at radius 2 is 1.81 bits per heavy atom. The highest BCUT2D eigenvalue weighted by atomic mass is 32.2. The molecule has 0 aliphatic carbocycles. The maximum atomic E-state index is 13.8. The molecule has 0 radical (unpaired) electrons. The largest absolute Gasteiger partial charge is 0.506 e. The van der Waals surface area contributed by atoms with Crippen molar-refractivity contribution in [1.29, 1.82) is 0 Å². The van der Waals surface area contributed by atoms with Crippen LogP contribution in [0.3, 0.4) is 0 Å². The van der Waals surface area contributed by atoms with Gasteiger partial charge in [0.05, 0.1) is 10.6 Å². The van der Waals surface area contributed by atoms with Gasteiger partial charge < -0.3 is 4.90 Å². The molecule has 2 aliphatic rings. The topological polar surface area (TPSA) is 95.1 Å². The van der Waals surface area contributed by atoms with Crippen LogP contribution in [0.4, 0.5) is 14.9 Å². The van der Waals surface area contributed by atoms with Crippen molar-refractivity contribution in [3.05, 3.63) is 86.6 Å². The second-order valence-corrected chi connectivity index (χ2v) is 10.1. The van der Waals surface area contributed by atoms with Gasteiger partial charge in [-0.25, -0.2) is 14.2 Å². The third-order valence-corrected chi connectivity index (χ3v) is 7.70. The number of aryl methyl sites for hydroxylation is 1. The van der Waals surface area contributed by atoms with Gasteiger partial charge in [-0.3, -0.25) is 14.0 Å². The summed E-state index contributed by atoms with van der Waals surface area (Å²) in [6.45, 7) is 3.39. The van der Waals surface area contributed by atoms with Crippen LogP contribution in [0.15, 0.2) is 63.8 Å². The lowest BCUT2D eigenvalue weighted by atomic mass is 9.97. The number of likely N-dealkylation sites (N-methyl/N-ethyl adjacent to an activating group) is 1. The van der Waals surface area contributed by atoms with Crippen LogP contribution in [0.5, 0.6) is 0 Å². The molecule has 1 aromatic carbocycles. The average molecular weight is 521 g/mol. The minimum Gasteiger partial charge on any atom is -0.344 e. The highest BCUT2D eigenvalue weighted by Crippen LogP contribution is 2.42. The lowest BCUT2D eigenvalue weighted by Crippen LogP contribution is -2.53. The number of imide groups is 1. The number of hydrogen-bond acceptors (Lipinski definition) is 6. The van der Waals surface area contributed by atoms with Crippen LogP contribution in [0.25, 0.3) is 5.65 Å². The van der Waals surface area contributed by atoms with Crippen molar-refractivity contribution < 1.29 is 23.3 Å². The lowest BCUT2D eigenvalue weighted by molar-refractivity contribution is -0.444. The minimum absolute atomic E-state index is 0.0982. The van der Waals surface area contributed by atoms with Crippen LogP contribution in [0, 0.1) is 18.7 Å². The van der Waals surface area contributed by atoms with E-state index in [2.05, 4.69) is 4.98 Å². The molecule has 1 atom stereocenters. The SMILES string of the molecule is CC1=C(C(=O)N(C)C)SC2=[N+](Cc3cc(=O)n4c(C)cccc4n3)C(=O)N(c3ccc(F)cc3)C(=O)C12. The van der Waals surface area contributed by atoms with Crippen molar-refractivity contribution in [1.82, 2.24) is 14.3 Å². The van der Waals surface area contributed by atoms with Crippen molar-refractivity contribution in [3.8, 4) is 0 Å². The normalized spacial score (nSPS) is 17.6. The fraction of sp³-hybridized carbons (Fsp3) is 0.231. The molecule has 3 aromatic rings. The molecule has 0 saturated carbocycles. The number of pyridine rings is 1. The van der Waals surface area contributed by atoms with Crippen LogP contribution in [-0.2, 0) is 16.1 Å². The Hall–Kier alpha value is -4.12. The molecule has 0 spiro atoms. The Morgan fingerprint density at radius 1 is 1.11 bits per heavy atom. The van der Waals surface area contributed by atoms with Crippen LogP contribution in [0.2, 0.25) is 0 Å². The number of hydrogen-bond donors (Lipinski definition) is 0. The van der Waals surface area contributed by atoms with E-state index in [0.29, 0.717) is 26.9 Å². The molecule has 11 heteroatoms. The van der Waals surface area contributed by atoms with Crippen molar-refractivity contribution >= 4 is 46.0 Å². The molecule has 2 aliphatic heterocycles. The Morgan fingerprint density at radius 3 is 2.49 bits per heavy atom. The van der Waals surface area contributed by atoms with Gasteiger partial charge in [-0.15, -0.1) is 4.90 Å². The molecule has 1 unspecified atom stereocenters. The number of amides is 4. The maximum absolute atomic E-state index is 13.8. The fourth-order valence-corrected chi connectivity index (χ4v) is 5.90. The second-order valence-electron chi connectivity index (χ2n) is 9.05. The Bertz CT molecular complexity index is 1620. The first-order chi connectivity index (χ1) is 17.6. The molecule has 37 heavy (non-hydrogen) atoms. The summed E-state index contributed by atoms with van der Waals surface area (Å²) in [6, 6.07) is 11.0. The number of aromatic nitrogens is 2. The van der Waals surface area contributed by atoms with Crippen LogP contribution >= 0.6 is 11.8 Å². The van der Waals surface area contributed by atoms with Gasteiger partial charge >= 0.3 is 11.9 Å². The zero-order valence-corrected chi connectivity index (χ0v) is 21.4. The highest BCUT2D eigenvalue weighted by Gasteiger charge is 2.54.